The molecule has 0 aromatic heterocycles. The maximum atomic E-state index is 10.2. The van der Waals surface area contributed by atoms with Crippen molar-refractivity contribution >= 4 is 0 Å². The molecule has 0 aliphatic rings. The average molecular weight is 307 g/mol. The van der Waals surface area contributed by atoms with Gasteiger partial charge in [0.1, 0.15) is 0 Å². The minimum atomic E-state index is -0.433. The van der Waals surface area contributed by atoms with Gasteiger partial charge in [-0.3, -0.25) is 4.90 Å². The lowest BCUT2D eigenvalue weighted by Crippen LogP contribution is -2.40. The molecule has 1 rings (SSSR count). The zero-order chi connectivity index (χ0) is 16.5. The Balaban J connectivity index is 2.57. The molecule has 0 heterocycles. The quantitative estimate of drug-likeness (QED) is 0.716. The van der Waals surface area contributed by atoms with Gasteiger partial charge < -0.3 is 9.84 Å². The predicted molar refractivity (Wildman–Crippen MR) is 93.0 cm³/mol. The number of ether oxygens (including phenoxy) is 1. The summed E-state index contributed by atoms with van der Waals surface area (Å²) in [6, 6.07) is 9.04. The van der Waals surface area contributed by atoms with E-state index in [1.165, 1.54) is 11.1 Å². The highest BCUT2D eigenvalue weighted by atomic mass is 16.5. The van der Waals surface area contributed by atoms with Gasteiger partial charge in [-0.2, -0.15) is 0 Å². The standard InChI is InChI=1S/C19H33NO2/c1-6-17(5)20(11-18-9-7-8-16(4)10-18)12-19(21)14-22-13-15(2)3/h7-10,15,17,19,21H,6,11-14H2,1-5H3/t17-,19-/m0/s1. The Morgan fingerprint density at radius 2 is 1.91 bits per heavy atom. The molecule has 1 aromatic carbocycles. The minimum absolute atomic E-state index is 0.416. The van der Waals surface area contributed by atoms with Crippen LogP contribution in [0.2, 0.25) is 0 Å². The maximum Gasteiger partial charge on any atom is 0.0900 e. The normalized spacial score (nSPS) is 14.5. The van der Waals surface area contributed by atoms with Crippen molar-refractivity contribution in [2.45, 2.75) is 59.7 Å². The summed E-state index contributed by atoms with van der Waals surface area (Å²) < 4.78 is 5.56. The monoisotopic (exact) mass is 307 g/mol. The number of nitrogens with zero attached hydrogens (tertiary/aromatic N) is 1. The highest BCUT2D eigenvalue weighted by Crippen LogP contribution is 2.13. The summed E-state index contributed by atoms with van der Waals surface area (Å²) in [5.41, 5.74) is 2.58. The van der Waals surface area contributed by atoms with E-state index in [2.05, 4.69) is 63.8 Å². The summed E-state index contributed by atoms with van der Waals surface area (Å²) in [7, 11) is 0. The molecule has 126 valence electrons. The second kappa shape index (κ2) is 9.98. The molecule has 3 nitrogen and oxygen atoms in total. The molecule has 2 atom stereocenters. The fourth-order valence-corrected chi connectivity index (χ4v) is 2.47. The Morgan fingerprint density at radius 3 is 2.50 bits per heavy atom. The molecule has 0 bridgehead atoms. The van der Waals surface area contributed by atoms with Gasteiger partial charge in [0.25, 0.3) is 0 Å². The van der Waals surface area contributed by atoms with Crippen molar-refractivity contribution in [2.24, 2.45) is 5.92 Å². The van der Waals surface area contributed by atoms with E-state index >= 15 is 0 Å². The van der Waals surface area contributed by atoms with Gasteiger partial charge in [0.05, 0.1) is 12.7 Å². The molecule has 3 heteroatoms. The van der Waals surface area contributed by atoms with E-state index in [1.54, 1.807) is 0 Å². The van der Waals surface area contributed by atoms with Crippen LogP contribution in [-0.4, -0.2) is 41.9 Å². The van der Waals surface area contributed by atoms with Crippen molar-refractivity contribution in [3.05, 3.63) is 35.4 Å². The maximum absolute atomic E-state index is 10.2. The molecular formula is C19H33NO2. The summed E-state index contributed by atoms with van der Waals surface area (Å²) in [6.45, 7) is 13.4. The molecule has 22 heavy (non-hydrogen) atoms. The molecular weight excluding hydrogens is 274 g/mol. The summed E-state index contributed by atoms with van der Waals surface area (Å²) in [5.74, 6) is 0.505. The van der Waals surface area contributed by atoms with Gasteiger partial charge in [-0.15, -0.1) is 0 Å². The predicted octanol–water partition coefficient (Wildman–Crippen LogP) is 3.63. The minimum Gasteiger partial charge on any atom is -0.389 e. The third-order valence-electron chi connectivity index (χ3n) is 3.89. The highest BCUT2D eigenvalue weighted by Gasteiger charge is 2.17. The van der Waals surface area contributed by atoms with Crippen molar-refractivity contribution in [2.75, 3.05) is 19.8 Å². The van der Waals surface area contributed by atoms with E-state index in [4.69, 9.17) is 4.74 Å². The van der Waals surface area contributed by atoms with Crippen LogP contribution in [0.5, 0.6) is 0 Å². The Bertz CT molecular complexity index is 420. The topological polar surface area (TPSA) is 32.7 Å². The molecule has 0 amide bonds. The molecule has 0 unspecified atom stereocenters. The fourth-order valence-electron chi connectivity index (χ4n) is 2.47. The van der Waals surface area contributed by atoms with E-state index in [1.807, 2.05) is 0 Å². The summed E-state index contributed by atoms with van der Waals surface area (Å²) in [5, 5.41) is 10.2. The fraction of sp³-hybridized carbons (Fsp3) is 0.684. The van der Waals surface area contributed by atoms with Crippen LogP contribution in [0, 0.1) is 12.8 Å². The molecule has 1 aromatic rings. The van der Waals surface area contributed by atoms with Gasteiger partial charge in [0, 0.05) is 25.7 Å². The molecule has 0 saturated carbocycles. The van der Waals surface area contributed by atoms with Crippen molar-refractivity contribution < 1.29 is 9.84 Å². The molecule has 1 N–H and O–H groups in total. The van der Waals surface area contributed by atoms with Crippen LogP contribution in [0.1, 0.15) is 45.2 Å². The first-order valence-corrected chi connectivity index (χ1v) is 8.47. The van der Waals surface area contributed by atoms with Crippen LogP contribution in [0.3, 0.4) is 0 Å². The van der Waals surface area contributed by atoms with Gasteiger partial charge >= 0.3 is 0 Å². The first-order valence-electron chi connectivity index (χ1n) is 8.47. The van der Waals surface area contributed by atoms with Gasteiger partial charge in [-0.1, -0.05) is 50.6 Å². The largest absolute Gasteiger partial charge is 0.389 e. The highest BCUT2D eigenvalue weighted by molar-refractivity contribution is 5.22. The summed E-state index contributed by atoms with van der Waals surface area (Å²) >= 11 is 0. The van der Waals surface area contributed by atoms with Gasteiger partial charge in [-0.25, -0.2) is 0 Å². The lowest BCUT2D eigenvalue weighted by atomic mass is 10.1. The molecule has 0 spiro atoms. The number of rotatable bonds is 10. The number of benzene rings is 1. The molecule has 0 fully saturated rings. The Morgan fingerprint density at radius 1 is 1.18 bits per heavy atom. The summed E-state index contributed by atoms with van der Waals surface area (Å²) in [6.07, 6.45) is 0.642. The van der Waals surface area contributed by atoms with Gasteiger partial charge in [0.2, 0.25) is 0 Å². The Hall–Kier alpha value is -0.900. The first-order chi connectivity index (χ1) is 10.4. The Labute approximate surface area is 136 Å². The number of aryl methyl sites for hydroxylation is 1. The number of aliphatic hydroxyl groups is 1. The third-order valence-corrected chi connectivity index (χ3v) is 3.89. The SMILES string of the molecule is CC[C@H](C)N(Cc1cccc(C)c1)C[C@H](O)COCC(C)C. The van der Waals surface area contributed by atoms with Crippen LogP contribution < -0.4 is 0 Å². The molecule has 0 radical (unpaired) electrons. The lowest BCUT2D eigenvalue weighted by molar-refractivity contribution is 0.000121. The second-order valence-corrected chi connectivity index (χ2v) is 6.76. The van der Waals surface area contributed by atoms with E-state index in [9.17, 15) is 5.11 Å². The third kappa shape index (κ3) is 7.39. The molecule has 0 saturated heterocycles. The van der Waals surface area contributed by atoms with Crippen LogP contribution in [0.25, 0.3) is 0 Å². The van der Waals surface area contributed by atoms with Gasteiger partial charge in [0.15, 0.2) is 0 Å². The van der Waals surface area contributed by atoms with E-state index in [-0.39, 0.29) is 0 Å². The van der Waals surface area contributed by atoms with Gasteiger partial charge in [-0.05, 0) is 31.7 Å². The first kappa shape index (κ1) is 19.1. The van der Waals surface area contributed by atoms with Crippen LogP contribution in [0.15, 0.2) is 24.3 Å². The number of hydrogen-bond donors (Lipinski definition) is 1. The van der Waals surface area contributed by atoms with Crippen LogP contribution in [0.4, 0.5) is 0 Å². The second-order valence-electron chi connectivity index (χ2n) is 6.76. The smallest absolute Gasteiger partial charge is 0.0900 e. The number of hydrogen-bond acceptors (Lipinski definition) is 3. The van der Waals surface area contributed by atoms with E-state index < -0.39 is 6.10 Å². The zero-order valence-electron chi connectivity index (χ0n) is 14.9. The summed E-state index contributed by atoms with van der Waals surface area (Å²) in [4.78, 5) is 2.35. The zero-order valence-corrected chi connectivity index (χ0v) is 14.9. The van der Waals surface area contributed by atoms with Crippen LogP contribution in [-0.2, 0) is 11.3 Å². The molecule has 0 aliphatic heterocycles. The van der Waals surface area contributed by atoms with Crippen molar-refractivity contribution in [1.82, 2.24) is 4.90 Å². The van der Waals surface area contributed by atoms with Crippen molar-refractivity contribution in [3.8, 4) is 0 Å². The average Bonchev–Trinajstić information content (AvgIpc) is 2.45. The van der Waals surface area contributed by atoms with E-state index in [0.717, 1.165) is 13.0 Å². The Kier molecular flexibility index (Phi) is 8.69. The molecule has 0 aliphatic carbocycles. The van der Waals surface area contributed by atoms with Crippen molar-refractivity contribution in [3.63, 3.8) is 0 Å². The van der Waals surface area contributed by atoms with Crippen LogP contribution >= 0.6 is 0 Å². The lowest BCUT2D eigenvalue weighted by Gasteiger charge is -2.30. The number of aliphatic hydroxyl groups excluding tert-OH is 1. The van der Waals surface area contributed by atoms with E-state index in [0.29, 0.717) is 31.7 Å². The van der Waals surface area contributed by atoms with Crippen molar-refractivity contribution in [1.29, 1.82) is 0 Å².